The van der Waals surface area contributed by atoms with Crippen LogP contribution in [0.3, 0.4) is 0 Å². The van der Waals surface area contributed by atoms with Gasteiger partial charge in [-0.1, -0.05) is 68.5 Å². The molecule has 0 bridgehead atoms. The Kier molecular flexibility index (Phi) is 5.74. The molecule has 0 radical (unpaired) electrons. The predicted octanol–water partition coefficient (Wildman–Crippen LogP) is 6.73. The highest BCUT2D eigenvalue weighted by atomic mass is 14.9. The van der Waals surface area contributed by atoms with E-state index < -0.39 is 0 Å². The molecule has 0 fully saturated rings. The molecule has 1 aromatic heterocycles. The van der Waals surface area contributed by atoms with Crippen molar-refractivity contribution in [3.63, 3.8) is 0 Å². The molecule has 122 valence electrons. The van der Waals surface area contributed by atoms with Gasteiger partial charge in [0, 0.05) is 29.2 Å². The normalized spacial score (nSPS) is 19.0. The van der Waals surface area contributed by atoms with Crippen LogP contribution in [-0.4, -0.2) is 4.57 Å². The van der Waals surface area contributed by atoms with Crippen LogP contribution in [0.5, 0.6) is 0 Å². The Morgan fingerprint density at radius 1 is 0.739 bits per heavy atom. The van der Waals surface area contributed by atoms with Crippen molar-refractivity contribution in [3.8, 4) is 0 Å². The Bertz CT molecular complexity index is 687. The summed E-state index contributed by atoms with van der Waals surface area (Å²) in [6.07, 6.45) is 21.5. The summed E-state index contributed by atoms with van der Waals surface area (Å²) < 4.78 is 2.34. The number of hydrogen-bond donors (Lipinski definition) is 0. The molecule has 0 amide bonds. The van der Waals surface area contributed by atoms with Crippen LogP contribution >= 0.6 is 0 Å². The van der Waals surface area contributed by atoms with Crippen LogP contribution in [0.1, 0.15) is 69.0 Å². The van der Waals surface area contributed by atoms with Gasteiger partial charge >= 0.3 is 0 Å². The van der Waals surface area contributed by atoms with E-state index in [2.05, 4.69) is 60.2 Å². The van der Waals surface area contributed by atoms with E-state index in [9.17, 15) is 0 Å². The van der Waals surface area contributed by atoms with Gasteiger partial charge in [0.25, 0.3) is 0 Å². The molecule has 1 aliphatic rings. The highest BCUT2D eigenvalue weighted by molar-refractivity contribution is 5.93. The van der Waals surface area contributed by atoms with Crippen molar-refractivity contribution < 1.29 is 0 Å². The Labute approximate surface area is 140 Å². The minimum atomic E-state index is 1.20. The molecule has 1 heterocycles. The van der Waals surface area contributed by atoms with E-state index in [0.29, 0.717) is 0 Å². The number of allylic oxidation sites excluding steroid dienone is 2. The molecule has 0 saturated heterocycles. The summed E-state index contributed by atoms with van der Waals surface area (Å²) in [5.74, 6) is 0. The summed E-state index contributed by atoms with van der Waals surface area (Å²) in [6, 6.07) is 8.76. The molecule has 0 saturated carbocycles. The van der Waals surface area contributed by atoms with Crippen LogP contribution in [0.25, 0.3) is 23.1 Å². The first-order valence-corrected chi connectivity index (χ1v) is 9.28. The molecule has 23 heavy (non-hydrogen) atoms. The Morgan fingerprint density at radius 2 is 1.35 bits per heavy atom. The zero-order valence-corrected chi connectivity index (χ0v) is 14.4. The Morgan fingerprint density at radius 3 is 2.09 bits per heavy atom. The molecule has 1 aromatic carbocycles. The van der Waals surface area contributed by atoms with Crippen LogP contribution in [-0.2, 0) is 7.05 Å². The van der Waals surface area contributed by atoms with Gasteiger partial charge in [-0.25, -0.2) is 0 Å². The SMILES string of the molecule is Cn1c2c(c3ccccc31)/C=C\CCCCCCCCCC=C2. The molecule has 0 unspecified atom stereocenters. The quantitative estimate of drug-likeness (QED) is 0.508. The minimum Gasteiger partial charge on any atom is -0.344 e. The summed E-state index contributed by atoms with van der Waals surface area (Å²) in [7, 11) is 2.19. The van der Waals surface area contributed by atoms with E-state index in [1.54, 1.807) is 0 Å². The first-order chi connectivity index (χ1) is 11.4. The molecule has 0 spiro atoms. The second kappa shape index (κ2) is 8.19. The van der Waals surface area contributed by atoms with E-state index in [4.69, 9.17) is 0 Å². The summed E-state index contributed by atoms with van der Waals surface area (Å²) in [5.41, 5.74) is 4.06. The number of nitrogens with zero attached hydrogens (tertiary/aromatic N) is 1. The highest BCUT2D eigenvalue weighted by Gasteiger charge is 2.10. The van der Waals surface area contributed by atoms with Crippen LogP contribution in [0, 0.1) is 0 Å². The van der Waals surface area contributed by atoms with Gasteiger partial charge < -0.3 is 4.57 Å². The number of benzene rings is 1. The number of rotatable bonds is 0. The fraction of sp³-hybridized carbons (Fsp3) is 0.455. The average molecular weight is 307 g/mol. The fourth-order valence-corrected chi connectivity index (χ4v) is 3.62. The molecule has 1 heteroatoms. The van der Waals surface area contributed by atoms with Crippen molar-refractivity contribution in [1.29, 1.82) is 0 Å². The van der Waals surface area contributed by atoms with Gasteiger partial charge in [-0.2, -0.15) is 0 Å². The zero-order valence-electron chi connectivity index (χ0n) is 14.4. The molecule has 0 N–H and O–H groups in total. The highest BCUT2D eigenvalue weighted by Crippen LogP contribution is 2.28. The van der Waals surface area contributed by atoms with Gasteiger partial charge in [0.05, 0.1) is 0 Å². The number of para-hydroxylation sites is 1. The van der Waals surface area contributed by atoms with Crippen molar-refractivity contribution in [2.45, 2.75) is 57.8 Å². The van der Waals surface area contributed by atoms with Gasteiger partial charge in [-0.05, 0) is 37.8 Å². The summed E-state index contributed by atoms with van der Waals surface area (Å²) in [6.45, 7) is 0. The maximum Gasteiger partial charge on any atom is 0.0488 e. The zero-order chi connectivity index (χ0) is 15.9. The van der Waals surface area contributed by atoms with Crippen LogP contribution < -0.4 is 0 Å². The Hall–Kier alpha value is -1.76. The van der Waals surface area contributed by atoms with Gasteiger partial charge in [0.15, 0.2) is 0 Å². The van der Waals surface area contributed by atoms with Crippen LogP contribution in [0.2, 0.25) is 0 Å². The van der Waals surface area contributed by atoms with E-state index in [-0.39, 0.29) is 0 Å². The van der Waals surface area contributed by atoms with E-state index >= 15 is 0 Å². The second-order valence-electron chi connectivity index (χ2n) is 6.73. The predicted molar refractivity (Wildman–Crippen MR) is 103 cm³/mol. The first-order valence-electron chi connectivity index (χ1n) is 9.28. The lowest BCUT2D eigenvalue weighted by molar-refractivity contribution is 0.584. The van der Waals surface area contributed by atoms with Crippen molar-refractivity contribution in [2.75, 3.05) is 0 Å². The molecule has 0 aliphatic heterocycles. The Balaban J connectivity index is 1.94. The fourth-order valence-electron chi connectivity index (χ4n) is 3.62. The smallest absolute Gasteiger partial charge is 0.0488 e. The van der Waals surface area contributed by atoms with E-state index in [1.165, 1.54) is 79.9 Å². The molecule has 3 rings (SSSR count). The van der Waals surface area contributed by atoms with E-state index in [1.807, 2.05) is 0 Å². The number of hydrogen-bond acceptors (Lipinski definition) is 0. The number of fused-ring (bicyclic) bond motifs is 3. The summed E-state index contributed by atoms with van der Waals surface area (Å²) >= 11 is 0. The maximum atomic E-state index is 2.37. The number of aromatic nitrogens is 1. The lowest BCUT2D eigenvalue weighted by Crippen LogP contribution is -1.91. The van der Waals surface area contributed by atoms with Crippen molar-refractivity contribution in [1.82, 2.24) is 4.57 Å². The minimum absolute atomic E-state index is 1.20. The van der Waals surface area contributed by atoms with Crippen LogP contribution in [0.4, 0.5) is 0 Å². The third-order valence-electron chi connectivity index (χ3n) is 4.99. The van der Waals surface area contributed by atoms with Crippen molar-refractivity contribution in [2.24, 2.45) is 7.05 Å². The van der Waals surface area contributed by atoms with Crippen molar-refractivity contribution in [3.05, 3.63) is 47.7 Å². The molecular weight excluding hydrogens is 278 g/mol. The van der Waals surface area contributed by atoms with E-state index in [0.717, 1.165) is 0 Å². The molecule has 2 aromatic rings. The van der Waals surface area contributed by atoms with Gasteiger partial charge in [0.1, 0.15) is 0 Å². The number of aryl methyl sites for hydroxylation is 1. The van der Waals surface area contributed by atoms with Crippen LogP contribution in [0.15, 0.2) is 36.4 Å². The van der Waals surface area contributed by atoms with Gasteiger partial charge in [-0.15, -0.1) is 0 Å². The maximum absolute atomic E-state index is 2.37. The molecular formula is C22H29N. The van der Waals surface area contributed by atoms with Gasteiger partial charge in [0.2, 0.25) is 0 Å². The largest absolute Gasteiger partial charge is 0.344 e. The van der Waals surface area contributed by atoms with Crippen molar-refractivity contribution >= 4 is 23.1 Å². The first kappa shape index (κ1) is 16.1. The molecule has 1 aliphatic carbocycles. The third kappa shape index (κ3) is 3.96. The third-order valence-corrected chi connectivity index (χ3v) is 4.99. The topological polar surface area (TPSA) is 4.93 Å². The standard InChI is InChI=1S/C22H29N/c1-23-21-17-12-10-8-6-4-2-3-5-7-9-11-15-19(21)20-16-13-14-18-22(20)23/h11-18H,2-10H2,1H3/b15-11-,17-12?. The second-order valence-corrected chi connectivity index (χ2v) is 6.73. The summed E-state index contributed by atoms with van der Waals surface area (Å²) in [5, 5.41) is 1.37. The average Bonchev–Trinajstić information content (AvgIpc) is 2.83. The monoisotopic (exact) mass is 307 g/mol. The molecule has 0 atom stereocenters. The molecule has 1 nitrogen and oxygen atoms in total. The lowest BCUT2D eigenvalue weighted by atomic mass is 10.1. The van der Waals surface area contributed by atoms with Gasteiger partial charge in [-0.3, -0.25) is 0 Å². The summed E-state index contributed by atoms with van der Waals surface area (Å²) in [4.78, 5) is 0. The lowest BCUT2D eigenvalue weighted by Gasteiger charge is -2.01.